The summed E-state index contributed by atoms with van der Waals surface area (Å²) in [5.41, 5.74) is 1.07. The number of nitrogens with zero attached hydrogens (tertiary/aromatic N) is 2. The van der Waals surface area contributed by atoms with Crippen LogP contribution in [0.1, 0.15) is 24.4 Å². The first-order valence-corrected chi connectivity index (χ1v) is 9.00. The summed E-state index contributed by atoms with van der Waals surface area (Å²) in [4.78, 5) is 4.04. The second-order valence-corrected chi connectivity index (χ2v) is 7.70. The molecule has 1 atom stereocenters. The van der Waals surface area contributed by atoms with Gasteiger partial charge in [0.25, 0.3) is 0 Å². The molecule has 0 spiro atoms. The van der Waals surface area contributed by atoms with Gasteiger partial charge in [0, 0.05) is 12.7 Å². The molecule has 1 unspecified atom stereocenters. The summed E-state index contributed by atoms with van der Waals surface area (Å²) in [6.07, 6.45) is 3.15. The maximum Gasteiger partial charge on any atom is 0.243 e. The van der Waals surface area contributed by atoms with Gasteiger partial charge in [0.1, 0.15) is 5.15 Å². The normalized spacial score (nSPS) is 20.4. The Kier molecular flexibility index (Phi) is 3.81. The summed E-state index contributed by atoms with van der Waals surface area (Å²) in [5, 5.41) is 4.18. The lowest BCUT2D eigenvalue weighted by Crippen LogP contribution is -2.30. The maximum atomic E-state index is 12.7. The van der Waals surface area contributed by atoms with Crippen LogP contribution in [-0.2, 0) is 10.0 Å². The van der Waals surface area contributed by atoms with E-state index in [1.807, 2.05) is 16.8 Å². The van der Waals surface area contributed by atoms with Crippen LogP contribution in [0.25, 0.3) is 0 Å². The van der Waals surface area contributed by atoms with E-state index in [0.717, 1.165) is 18.4 Å². The minimum Gasteiger partial charge on any atom is -0.244 e. The molecule has 20 heavy (non-hydrogen) atoms. The van der Waals surface area contributed by atoms with E-state index in [4.69, 9.17) is 11.6 Å². The number of sulfonamides is 1. The van der Waals surface area contributed by atoms with E-state index in [1.54, 1.807) is 15.6 Å². The van der Waals surface area contributed by atoms with Crippen molar-refractivity contribution >= 4 is 33.0 Å². The number of rotatable bonds is 3. The zero-order valence-corrected chi connectivity index (χ0v) is 13.0. The van der Waals surface area contributed by atoms with E-state index in [-0.39, 0.29) is 16.1 Å². The van der Waals surface area contributed by atoms with Crippen molar-refractivity contribution in [2.24, 2.45) is 0 Å². The first kappa shape index (κ1) is 14.0. The third-order valence-electron chi connectivity index (χ3n) is 3.44. The Labute approximate surface area is 127 Å². The van der Waals surface area contributed by atoms with Crippen molar-refractivity contribution in [2.75, 3.05) is 6.54 Å². The molecule has 0 radical (unpaired) electrons. The fourth-order valence-electron chi connectivity index (χ4n) is 2.51. The molecule has 1 aliphatic rings. The van der Waals surface area contributed by atoms with E-state index in [0.29, 0.717) is 6.54 Å². The predicted molar refractivity (Wildman–Crippen MR) is 79.4 cm³/mol. The molecule has 1 fully saturated rings. The Bertz CT molecular complexity index is 701. The van der Waals surface area contributed by atoms with Gasteiger partial charge in [-0.3, -0.25) is 0 Å². The van der Waals surface area contributed by atoms with Crippen molar-refractivity contribution in [3.63, 3.8) is 0 Å². The number of pyridine rings is 1. The van der Waals surface area contributed by atoms with Crippen molar-refractivity contribution in [3.05, 3.63) is 45.9 Å². The van der Waals surface area contributed by atoms with Gasteiger partial charge in [-0.1, -0.05) is 11.6 Å². The topological polar surface area (TPSA) is 50.3 Å². The molecule has 0 saturated carbocycles. The number of halogens is 1. The average Bonchev–Trinajstić information content (AvgIpc) is 3.09. The Balaban J connectivity index is 1.98. The third-order valence-corrected chi connectivity index (χ3v) is 6.25. The van der Waals surface area contributed by atoms with Gasteiger partial charge in [0.2, 0.25) is 10.0 Å². The van der Waals surface area contributed by atoms with Crippen LogP contribution in [0.5, 0.6) is 0 Å². The van der Waals surface area contributed by atoms with Gasteiger partial charge < -0.3 is 0 Å². The predicted octanol–water partition coefficient (Wildman–Crippen LogP) is 3.32. The number of hydrogen-bond acceptors (Lipinski definition) is 4. The van der Waals surface area contributed by atoms with Gasteiger partial charge in [0.05, 0.1) is 10.9 Å². The second kappa shape index (κ2) is 5.44. The zero-order chi connectivity index (χ0) is 14.2. The molecule has 0 aliphatic carbocycles. The third kappa shape index (κ3) is 2.48. The zero-order valence-electron chi connectivity index (χ0n) is 10.6. The van der Waals surface area contributed by atoms with Gasteiger partial charge >= 0.3 is 0 Å². The summed E-state index contributed by atoms with van der Waals surface area (Å²) in [6, 6.07) is 4.81. The van der Waals surface area contributed by atoms with E-state index >= 15 is 0 Å². The van der Waals surface area contributed by atoms with Crippen molar-refractivity contribution < 1.29 is 8.42 Å². The first-order valence-electron chi connectivity index (χ1n) is 6.24. The van der Waals surface area contributed by atoms with Gasteiger partial charge in [-0.15, -0.1) is 0 Å². The van der Waals surface area contributed by atoms with Crippen LogP contribution in [0, 0.1) is 0 Å². The minimum atomic E-state index is -3.52. The van der Waals surface area contributed by atoms with Crippen molar-refractivity contribution in [3.8, 4) is 0 Å². The average molecular weight is 329 g/mol. The minimum absolute atomic E-state index is 0.0711. The fraction of sp³-hybridized carbons (Fsp3) is 0.308. The lowest BCUT2D eigenvalue weighted by Gasteiger charge is -2.23. The molecule has 0 N–H and O–H groups in total. The first-order chi connectivity index (χ1) is 9.59. The molecular formula is C13H13ClN2O2S2. The van der Waals surface area contributed by atoms with Crippen LogP contribution in [0.4, 0.5) is 0 Å². The molecular weight excluding hydrogens is 316 g/mol. The summed E-state index contributed by atoms with van der Waals surface area (Å²) in [7, 11) is -3.52. The monoisotopic (exact) mass is 328 g/mol. The maximum absolute atomic E-state index is 12.7. The van der Waals surface area contributed by atoms with Crippen LogP contribution >= 0.6 is 22.9 Å². The van der Waals surface area contributed by atoms with E-state index in [2.05, 4.69) is 4.98 Å². The molecule has 0 bridgehead atoms. The molecule has 2 aromatic rings. The Morgan fingerprint density at radius 3 is 2.95 bits per heavy atom. The smallest absolute Gasteiger partial charge is 0.243 e. The van der Waals surface area contributed by atoms with E-state index in [1.165, 1.54) is 18.3 Å². The molecule has 0 amide bonds. The van der Waals surface area contributed by atoms with Crippen LogP contribution in [0.15, 0.2) is 40.1 Å². The van der Waals surface area contributed by atoms with Gasteiger partial charge in [0.15, 0.2) is 0 Å². The SMILES string of the molecule is O=S(=O)(c1ccnc(Cl)c1)N1CCCC1c1ccsc1. The Morgan fingerprint density at radius 2 is 2.25 bits per heavy atom. The summed E-state index contributed by atoms with van der Waals surface area (Å²) >= 11 is 7.39. The summed E-state index contributed by atoms with van der Waals surface area (Å²) in [6.45, 7) is 0.544. The fourth-order valence-corrected chi connectivity index (χ4v) is 5.15. The lowest BCUT2D eigenvalue weighted by atomic mass is 10.1. The quantitative estimate of drug-likeness (QED) is 0.812. The highest BCUT2D eigenvalue weighted by molar-refractivity contribution is 7.89. The highest BCUT2D eigenvalue weighted by Crippen LogP contribution is 2.37. The van der Waals surface area contributed by atoms with Crippen LogP contribution in [0.3, 0.4) is 0 Å². The Morgan fingerprint density at radius 1 is 1.40 bits per heavy atom. The van der Waals surface area contributed by atoms with Crippen molar-refractivity contribution in [2.45, 2.75) is 23.8 Å². The second-order valence-electron chi connectivity index (χ2n) is 4.64. The molecule has 106 valence electrons. The highest BCUT2D eigenvalue weighted by atomic mass is 35.5. The molecule has 1 aliphatic heterocycles. The number of aromatic nitrogens is 1. The largest absolute Gasteiger partial charge is 0.244 e. The molecule has 3 heterocycles. The number of hydrogen-bond donors (Lipinski definition) is 0. The highest BCUT2D eigenvalue weighted by Gasteiger charge is 2.36. The molecule has 2 aromatic heterocycles. The molecule has 4 nitrogen and oxygen atoms in total. The van der Waals surface area contributed by atoms with Crippen molar-refractivity contribution in [1.29, 1.82) is 0 Å². The summed E-state index contributed by atoms with van der Waals surface area (Å²) in [5.74, 6) is 0. The lowest BCUT2D eigenvalue weighted by molar-refractivity contribution is 0.397. The van der Waals surface area contributed by atoms with Crippen molar-refractivity contribution in [1.82, 2.24) is 9.29 Å². The van der Waals surface area contributed by atoms with E-state index < -0.39 is 10.0 Å². The molecule has 7 heteroatoms. The number of thiophene rings is 1. The van der Waals surface area contributed by atoms with Crippen LogP contribution < -0.4 is 0 Å². The van der Waals surface area contributed by atoms with Gasteiger partial charge in [-0.2, -0.15) is 15.6 Å². The van der Waals surface area contributed by atoms with E-state index in [9.17, 15) is 8.42 Å². The molecule has 0 aromatic carbocycles. The van der Waals surface area contributed by atoms with Gasteiger partial charge in [-0.05, 0) is 47.4 Å². The van der Waals surface area contributed by atoms with Crippen LogP contribution in [-0.4, -0.2) is 24.3 Å². The van der Waals surface area contributed by atoms with Gasteiger partial charge in [-0.25, -0.2) is 13.4 Å². The Hall–Kier alpha value is -0.950. The molecule has 3 rings (SSSR count). The standard InChI is InChI=1S/C13H13ClN2O2S2/c14-13-8-11(3-5-15-13)20(17,18)16-6-1-2-12(16)10-4-7-19-9-10/h3-5,7-9,12H,1-2,6H2. The molecule has 1 saturated heterocycles. The summed E-state index contributed by atoms with van der Waals surface area (Å²) < 4.78 is 27.0. The van der Waals surface area contributed by atoms with Crippen LogP contribution in [0.2, 0.25) is 5.15 Å².